The molecule has 0 amide bonds. The molecular formula is C15H14N4O2. The molecule has 0 saturated carbocycles. The normalized spacial score (nSPS) is 9.86. The van der Waals surface area contributed by atoms with E-state index in [1.807, 2.05) is 17.0 Å². The Morgan fingerprint density at radius 1 is 1.33 bits per heavy atom. The van der Waals surface area contributed by atoms with Gasteiger partial charge in [0.05, 0.1) is 24.4 Å². The van der Waals surface area contributed by atoms with Crippen molar-refractivity contribution in [2.24, 2.45) is 0 Å². The Hall–Kier alpha value is -2.94. The molecule has 6 nitrogen and oxygen atoms in total. The average Bonchev–Trinajstić information content (AvgIpc) is 2.52. The summed E-state index contributed by atoms with van der Waals surface area (Å²) in [5, 5.41) is 17.6. The van der Waals surface area contributed by atoms with E-state index in [0.717, 1.165) is 11.3 Å². The van der Waals surface area contributed by atoms with Crippen LogP contribution in [-0.2, 0) is 6.54 Å². The van der Waals surface area contributed by atoms with Crippen molar-refractivity contribution >= 4 is 11.7 Å². The first-order chi connectivity index (χ1) is 10.2. The van der Waals surface area contributed by atoms with Crippen LogP contribution in [0.15, 0.2) is 42.9 Å². The maximum atomic E-state index is 10.8. The molecular weight excluding hydrogens is 268 g/mol. The number of aromatic carboxylic acids is 1. The van der Waals surface area contributed by atoms with E-state index in [1.165, 1.54) is 12.3 Å². The number of nitriles is 1. The van der Waals surface area contributed by atoms with E-state index < -0.39 is 5.97 Å². The van der Waals surface area contributed by atoms with Crippen LogP contribution < -0.4 is 4.90 Å². The van der Waals surface area contributed by atoms with Crippen molar-refractivity contribution in [2.75, 3.05) is 11.4 Å². The van der Waals surface area contributed by atoms with Crippen molar-refractivity contribution < 1.29 is 9.90 Å². The largest absolute Gasteiger partial charge is 0.477 e. The Balaban J connectivity index is 2.19. The number of rotatable bonds is 6. The number of pyridine rings is 2. The van der Waals surface area contributed by atoms with Gasteiger partial charge >= 0.3 is 5.97 Å². The van der Waals surface area contributed by atoms with Crippen LogP contribution in [0.1, 0.15) is 22.5 Å². The highest BCUT2D eigenvalue weighted by Crippen LogP contribution is 2.16. The van der Waals surface area contributed by atoms with Gasteiger partial charge < -0.3 is 10.0 Å². The zero-order valence-corrected chi connectivity index (χ0v) is 11.3. The molecule has 0 saturated heterocycles. The highest BCUT2D eigenvalue weighted by molar-refractivity contribution is 5.85. The highest BCUT2D eigenvalue weighted by Gasteiger charge is 2.10. The van der Waals surface area contributed by atoms with E-state index in [4.69, 9.17) is 10.4 Å². The molecule has 2 aromatic heterocycles. The van der Waals surface area contributed by atoms with Crippen LogP contribution in [-0.4, -0.2) is 27.6 Å². The van der Waals surface area contributed by atoms with Crippen LogP contribution in [0, 0.1) is 11.3 Å². The van der Waals surface area contributed by atoms with Crippen LogP contribution in [0.5, 0.6) is 0 Å². The predicted molar refractivity (Wildman–Crippen MR) is 76.7 cm³/mol. The van der Waals surface area contributed by atoms with Gasteiger partial charge in [-0.2, -0.15) is 5.26 Å². The lowest BCUT2D eigenvalue weighted by Crippen LogP contribution is -2.24. The van der Waals surface area contributed by atoms with E-state index in [-0.39, 0.29) is 5.69 Å². The molecule has 0 spiro atoms. The van der Waals surface area contributed by atoms with E-state index in [2.05, 4.69) is 16.0 Å². The van der Waals surface area contributed by atoms with Gasteiger partial charge in [0.1, 0.15) is 5.69 Å². The van der Waals surface area contributed by atoms with Gasteiger partial charge in [0.15, 0.2) is 0 Å². The smallest absolute Gasteiger partial charge is 0.354 e. The van der Waals surface area contributed by atoms with Gasteiger partial charge in [-0.3, -0.25) is 4.98 Å². The summed E-state index contributed by atoms with van der Waals surface area (Å²) in [5.74, 6) is -1.06. The number of anilines is 1. The summed E-state index contributed by atoms with van der Waals surface area (Å²) >= 11 is 0. The fourth-order valence-corrected chi connectivity index (χ4v) is 1.90. The number of carbonyl (C=O) groups is 1. The summed E-state index contributed by atoms with van der Waals surface area (Å²) in [5.41, 5.74) is 1.79. The van der Waals surface area contributed by atoms with Gasteiger partial charge in [0, 0.05) is 25.5 Å². The van der Waals surface area contributed by atoms with E-state index in [9.17, 15) is 4.79 Å². The number of aromatic nitrogens is 2. The van der Waals surface area contributed by atoms with Crippen molar-refractivity contribution in [3.63, 3.8) is 0 Å². The van der Waals surface area contributed by atoms with Gasteiger partial charge in [0.2, 0.25) is 0 Å². The fraction of sp³-hybridized carbons (Fsp3) is 0.200. The molecule has 6 heteroatoms. The van der Waals surface area contributed by atoms with Gasteiger partial charge in [-0.05, 0) is 23.8 Å². The second-order valence-corrected chi connectivity index (χ2v) is 4.40. The molecule has 0 radical (unpaired) electrons. The third-order valence-electron chi connectivity index (χ3n) is 2.92. The van der Waals surface area contributed by atoms with E-state index >= 15 is 0 Å². The van der Waals surface area contributed by atoms with Crippen molar-refractivity contribution in [2.45, 2.75) is 13.0 Å². The fourth-order valence-electron chi connectivity index (χ4n) is 1.90. The van der Waals surface area contributed by atoms with Crippen LogP contribution in [0.4, 0.5) is 5.69 Å². The summed E-state index contributed by atoms with van der Waals surface area (Å²) in [4.78, 5) is 20.8. The number of carboxylic acids is 1. The second-order valence-electron chi connectivity index (χ2n) is 4.40. The first-order valence-corrected chi connectivity index (χ1v) is 6.41. The topological polar surface area (TPSA) is 90.1 Å². The van der Waals surface area contributed by atoms with E-state index in [0.29, 0.717) is 19.5 Å². The molecule has 2 aromatic rings. The van der Waals surface area contributed by atoms with E-state index in [1.54, 1.807) is 18.5 Å². The minimum absolute atomic E-state index is 0.000334. The molecule has 0 aliphatic heterocycles. The van der Waals surface area contributed by atoms with Gasteiger partial charge in [-0.1, -0.05) is 6.07 Å². The van der Waals surface area contributed by atoms with Crippen molar-refractivity contribution in [1.82, 2.24) is 9.97 Å². The number of hydrogen-bond donors (Lipinski definition) is 1. The molecule has 1 N–H and O–H groups in total. The minimum Gasteiger partial charge on any atom is -0.477 e. The van der Waals surface area contributed by atoms with Crippen molar-refractivity contribution in [3.8, 4) is 6.07 Å². The molecule has 0 fully saturated rings. The third kappa shape index (κ3) is 4.01. The van der Waals surface area contributed by atoms with Crippen molar-refractivity contribution in [1.29, 1.82) is 5.26 Å². The zero-order valence-electron chi connectivity index (χ0n) is 11.3. The quantitative estimate of drug-likeness (QED) is 0.872. The first-order valence-electron chi connectivity index (χ1n) is 6.41. The Labute approximate surface area is 122 Å². The van der Waals surface area contributed by atoms with Crippen LogP contribution in [0.2, 0.25) is 0 Å². The molecule has 21 heavy (non-hydrogen) atoms. The predicted octanol–water partition coefficient (Wildman–Crippen LogP) is 2.10. The second kappa shape index (κ2) is 7.01. The van der Waals surface area contributed by atoms with Crippen LogP contribution >= 0.6 is 0 Å². The Bertz CT molecular complexity index is 635. The zero-order chi connectivity index (χ0) is 15.1. The SMILES string of the molecule is N#CCCN(Cc1cccnc1)c1ccc(C(=O)O)nc1. The molecule has 0 bridgehead atoms. The van der Waals surface area contributed by atoms with Crippen LogP contribution in [0.25, 0.3) is 0 Å². The lowest BCUT2D eigenvalue weighted by Gasteiger charge is -2.23. The molecule has 2 rings (SSSR count). The van der Waals surface area contributed by atoms with Gasteiger partial charge in [0.25, 0.3) is 0 Å². The Morgan fingerprint density at radius 3 is 2.76 bits per heavy atom. The monoisotopic (exact) mass is 282 g/mol. The molecule has 0 unspecified atom stereocenters. The summed E-state index contributed by atoms with van der Waals surface area (Å²) in [6.45, 7) is 1.13. The van der Waals surface area contributed by atoms with Crippen LogP contribution in [0.3, 0.4) is 0 Å². The lowest BCUT2D eigenvalue weighted by molar-refractivity contribution is 0.0690. The molecule has 0 aliphatic carbocycles. The minimum atomic E-state index is -1.06. The van der Waals surface area contributed by atoms with Gasteiger partial charge in [-0.25, -0.2) is 9.78 Å². The molecule has 106 valence electrons. The highest BCUT2D eigenvalue weighted by atomic mass is 16.4. The molecule has 0 aromatic carbocycles. The maximum Gasteiger partial charge on any atom is 0.354 e. The molecule has 0 aliphatic rings. The molecule has 0 atom stereocenters. The van der Waals surface area contributed by atoms with Crippen molar-refractivity contribution in [3.05, 3.63) is 54.1 Å². The summed E-state index contributed by atoms with van der Waals surface area (Å²) in [7, 11) is 0. The Morgan fingerprint density at radius 2 is 2.19 bits per heavy atom. The summed E-state index contributed by atoms with van der Waals surface area (Å²) in [6.07, 6.45) is 5.35. The molecule has 2 heterocycles. The summed E-state index contributed by atoms with van der Waals surface area (Å²) < 4.78 is 0. The maximum absolute atomic E-state index is 10.8. The third-order valence-corrected chi connectivity index (χ3v) is 2.92. The average molecular weight is 282 g/mol. The number of nitrogens with zero attached hydrogens (tertiary/aromatic N) is 4. The number of carboxylic acid groups (broad SMARTS) is 1. The number of hydrogen-bond acceptors (Lipinski definition) is 5. The van der Waals surface area contributed by atoms with Gasteiger partial charge in [-0.15, -0.1) is 0 Å². The first kappa shape index (κ1) is 14.5. The standard InChI is InChI=1S/C15H14N4O2/c16-6-2-8-19(11-12-3-1-7-17-9-12)13-4-5-14(15(20)21)18-10-13/h1,3-5,7,9-10H,2,8,11H2,(H,20,21). The summed E-state index contributed by atoms with van der Waals surface area (Å²) in [6, 6.07) is 9.07. The Kier molecular flexibility index (Phi) is 4.83. The lowest BCUT2D eigenvalue weighted by atomic mass is 10.2.